The fourth-order valence-corrected chi connectivity index (χ4v) is 5.38. The molecule has 0 radical (unpaired) electrons. The van der Waals surface area contributed by atoms with E-state index in [9.17, 15) is 13.2 Å². The molecule has 0 atom stereocenters. The molecule has 11 heteroatoms. The average molecular weight is 486 g/mol. The number of hydrogen-bond acceptors (Lipinski definition) is 7. The Kier molecular flexibility index (Phi) is 7.13. The highest BCUT2D eigenvalue weighted by Gasteiger charge is 2.33. The van der Waals surface area contributed by atoms with Gasteiger partial charge in [0.2, 0.25) is 21.9 Å². The summed E-state index contributed by atoms with van der Waals surface area (Å²) < 4.78 is 39.6. The van der Waals surface area contributed by atoms with Crippen LogP contribution in [0.3, 0.4) is 0 Å². The van der Waals surface area contributed by atoms with Crippen molar-refractivity contribution < 1.29 is 22.7 Å². The molecule has 0 unspecified atom stereocenters. The molecular weight excluding hydrogens is 458 g/mol. The number of rotatable bonds is 8. The number of amides is 1. The quantitative estimate of drug-likeness (QED) is 0.521. The van der Waals surface area contributed by atoms with Crippen LogP contribution < -0.4 is 14.8 Å². The molecule has 1 fully saturated rings. The van der Waals surface area contributed by atoms with Crippen molar-refractivity contribution in [3.05, 3.63) is 60.4 Å². The first-order chi connectivity index (χ1) is 16.4. The second-order valence-electron chi connectivity index (χ2n) is 7.94. The van der Waals surface area contributed by atoms with Gasteiger partial charge in [-0.1, -0.05) is 30.3 Å². The van der Waals surface area contributed by atoms with Crippen molar-refractivity contribution in [3.63, 3.8) is 0 Å². The standard InChI is InChI=1S/C23H27N5O5S/c1-32-20-9-8-19(14-21(20)33-2)34(30,31)28-12-10-18(11-13-28)22(29)25-23-24-16-27(26-23)15-17-6-4-3-5-7-17/h3-9,14,16,18H,10-13,15H2,1-2H3,(H,25,26,29). The van der Waals surface area contributed by atoms with E-state index in [1.54, 1.807) is 17.1 Å². The van der Waals surface area contributed by atoms with Gasteiger partial charge in [0, 0.05) is 25.1 Å². The van der Waals surface area contributed by atoms with Crippen LogP contribution >= 0.6 is 0 Å². The predicted molar refractivity (Wildman–Crippen MR) is 125 cm³/mol. The van der Waals surface area contributed by atoms with Crippen molar-refractivity contribution in [1.29, 1.82) is 0 Å². The third kappa shape index (κ3) is 5.20. The molecule has 1 aliphatic heterocycles. The Morgan fingerprint density at radius 1 is 1.06 bits per heavy atom. The van der Waals surface area contributed by atoms with Crippen LogP contribution in [-0.4, -0.2) is 60.7 Å². The molecule has 1 aromatic heterocycles. The van der Waals surface area contributed by atoms with E-state index in [2.05, 4.69) is 15.4 Å². The number of carbonyl (C=O) groups excluding carboxylic acids is 1. The van der Waals surface area contributed by atoms with E-state index >= 15 is 0 Å². The maximum atomic E-state index is 13.1. The molecule has 0 spiro atoms. The SMILES string of the molecule is COc1ccc(S(=O)(=O)N2CCC(C(=O)Nc3ncn(Cc4ccccc4)n3)CC2)cc1OC. The topological polar surface area (TPSA) is 116 Å². The summed E-state index contributed by atoms with van der Waals surface area (Å²) in [5.74, 6) is 0.508. The average Bonchev–Trinajstić information content (AvgIpc) is 3.30. The first-order valence-corrected chi connectivity index (χ1v) is 12.3. The Labute approximate surface area is 198 Å². The molecule has 1 saturated heterocycles. The molecule has 1 aliphatic rings. The van der Waals surface area contributed by atoms with Crippen molar-refractivity contribution >= 4 is 21.9 Å². The predicted octanol–water partition coefficient (Wildman–Crippen LogP) is 2.38. The van der Waals surface area contributed by atoms with Gasteiger partial charge in [0.15, 0.2) is 11.5 Å². The van der Waals surface area contributed by atoms with Gasteiger partial charge >= 0.3 is 0 Å². The maximum absolute atomic E-state index is 13.1. The summed E-state index contributed by atoms with van der Waals surface area (Å²) in [5.41, 5.74) is 1.08. The Bertz CT molecular complexity index is 1240. The number of ether oxygens (including phenoxy) is 2. The van der Waals surface area contributed by atoms with E-state index in [4.69, 9.17) is 9.47 Å². The lowest BCUT2D eigenvalue weighted by Gasteiger charge is -2.30. The third-order valence-corrected chi connectivity index (χ3v) is 7.67. The molecular formula is C23H27N5O5S. The molecule has 34 heavy (non-hydrogen) atoms. The molecule has 1 N–H and O–H groups in total. The Morgan fingerprint density at radius 3 is 2.44 bits per heavy atom. The highest BCUT2D eigenvalue weighted by molar-refractivity contribution is 7.89. The van der Waals surface area contributed by atoms with Crippen LogP contribution in [0, 0.1) is 5.92 Å². The highest BCUT2D eigenvalue weighted by Crippen LogP contribution is 2.32. The lowest BCUT2D eigenvalue weighted by atomic mass is 9.97. The van der Waals surface area contributed by atoms with Gasteiger partial charge in [-0.15, -0.1) is 5.10 Å². The Hall–Kier alpha value is -3.44. The number of benzene rings is 2. The second-order valence-corrected chi connectivity index (χ2v) is 9.87. The minimum absolute atomic E-state index is 0.126. The molecule has 3 aromatic rings. The van der Waals surface area contributed by atoms with Gasteiger partial charge in [-0.25, -0.2) is 18.1 Å². The van der Waals surface area contributed by atoms with E-state index < -0.39 is 10.0 Å². The molecule has 2 aromatic carbocycles. The van der Waals surface area contributed by atoms with Crippen LogP contribution in [0.2, 0.25) is 0 Å². The number of anilines is 1. The molecule has 2 heterocycles. The fraction of sp³-hybridized carbons (Fsp3) is 0.348. The van der Waals surface area contributed by atoms with Crippen LogP contribution in [0.4, 0.5) is 5.95 Å². The third-order valence-electron chi connectivity index (χ3n) is 5.78. The van der Waals surface area contributed by atoms with Crippen molar-refractivity contribution in [3.8, 4) is 11.5 Å². The molecule has 10 nitrogen and oxygen atoms in total. The van der Waals surface area contributed by atoms with Crippen molar-refractivity contribution in [1.82, 2.24) is 19.1 Å². The van der Waals surface area contributed by atoms with Crippen LogP contribution in [0.25, 0.3) is 0 Å². The number of piperidine rings is 1. The monoisotopic (exact) mass is 485 g/mol. The number of nitrogens with zero attached hydrogens (tertiary/aromatic N) is 4. The van der Waals surface area contributed by atoms with E-state index in [0.717, 1.165) is 5.56 Å². The minimum Gasteiger partial charge on any atom is -0.493 e. The number of carbonyl (C=O) groups is 1. The van der Waals surface area contributed by atoms with Gasteiger partial charge in [0.05, 0.1) is 25.7 Å². The smallest absolute Gasteiger partial charge is 0.248 e. The molecule has 0 aliphatic carbocycles. The number of nitrogens with one attached hydrogen (secondary N) is 1. The lowest BCUT2D eigenvalue weighted by Crippen LogP contribution is -2.41. The summed E-state index contributed by atoms with van der Waals surface area (Å²) in [6.45, 7) is 1.03. The summed E-state index contributed by atoms with van der Waals surface area (Å²) in [7, 11) is -0.769. The van der Waals surface area contributed by atoms with Gasteiger partial charge in [0.1, 0.15) is 6.33 Å². The molecule has 0 saturated carbocycles. The number of aromatic nitrogens is 3. The van der Waals surface area contributed by atoms with Crippen LogP contribution in [-0.2, 0) is 21.4 Å². The summed E-state index contributed by atoms with van der Waals surface area (Å²) in [4.78, 5) is 17.0. The number of methoxy groups -OCH3 is 2. The van der Waals surface area contributed by atoms with Gasteiger partial charge in [0.25, 0.3) is 0 Å². The normalized spacial score (nSPS) is 15.1. The molecule has 1 amide bonds. The van der Waals surface area contributed by atoms with E-state index in [1.165, 1.54) is 30.7 Å². The summed E-state index contributed by atoms with van der Waals surface area (Å²) in [6, 6.07) is 14.3. The largest absolute Gasteiger partial charge is 0.493 e. The zero-order valence-electron chi connectivity index (χ0n) is 19.0. The zero-order chi connectivity index (χ0) is 24.1. The van der Waals surface area contributed by atoms with Crippen molar-refractivity contribution in [2.45, 2.75) is 24.3 Å². The zero-order valence-corrected chi connectivity index (χ0v) is 19.9. The summed E-state index contributed by atoms with van der Waals surface area (Å²) in [6.07, 6.45) is 2.38. The summed E-state index contributed by atoms with van der Waals surface area (Å²) in [5, 5.41) is 7.06. The Morgan fingerprint density at radius 2 is 1.76 bits per heavy atom. The van der Waals surface area contributed by atoms with Crippen molar-refractivity contribution in [2.75, 3.05) is 32.6 Å². The first kappa shape index (κ1) is 23.7. The number of hydrogen-bond donors (Lipinski definition) is 1. The van der Waals surface area contributed by atoms with E-state index in [1.807, 2.05) is 30.3 Å². The molecule has 0 bridgehead atoms. The first-order valence-electron chi connectivity index (χ1n) is 10.9. The van der Waals surface area contributed by atoms with Crippen LogP contribution in [0.1, 0.15) is 18.4 Å². The van der Waals surface area contributed by atoms with Gasteiger partial charge in [-0.05, 0) is 30.5 Å². The second kappa shape index (κ2) is 10.2. The van der Waals surface area contributed by atoms with E-state index in [0.29, 0.717) is 30.9 Å². The maximum Gasteiger partial charge on any atom is 0.248 e. The van der Waals surface area contributed by atoms with Gasteiger partial charge < -0.3 is 9.47 Å². The summed E-state index contributed by atoms with van der Waals surface area (Å²) >= 11 is 0. The lowest BCUT2D eigenvalue weighted by molar-refractivity contribution is -0.121. The van der Waals surface area contributed by atoms with E-state index in [-0.39, 0.29) is 35.8 Å². The highest BCUT2D eigenvalue weighted by atomic mass is 32.2. The van der Waals surface area contributed by atoms with Crippen LogP contribution in [0.5, 0.6) is 11.5 Å². The minimum atomic E-state index is -3.72. The van der Waals surface area contributed by atoms with Gasteiger partial charge in [-0.3, -0.25) is 10.1 Å². The fourth-order valence-electron chi connectivity index (χ4n) is 3.90. The molecule has 4 rings (SSSR count). The van der Waals surface area contributed by atoms with Crippen LogP contribution in [0.15, 0.2) is 59.8 Å². The Balaban J connectivity index is 1.34. The van der Waals surface area contributed by atoms with Gasteiger partial charge in [-0.2, -0.15) is 4.31 Å². The molecule has 180 valence electrons. The van der Waals surface area contributed by atoms with Crippen molar-refractivity contribution in [2.24, 2.45) is 5.92 Å². The number of sulfonamides is 1.